The van der Waals surface area contributed by atoms with Crippen molar-refractivity contribution in [3.8, 4) is 0 Å². The quantitative estimate of drug-likeness (QED) is 0.728. The molecule has 2 N–H and O–H groups in total. The Morgan fingerprint density at radius 1 is 1.43 bits per heavy atom. The average Bonchev–Trinajstić information content (AvgIpc) is 2.45. The van der Waals surface area contributed by atoms with E-state index in [2.05, 4.69) is 10.1 Å². The van der Waals surface area contributed by atoms with Gasteiger partial charge >= 0.3 is 0 Å². The summed E-state index contributed by atoms with van der Waals surface area (Å²) >= 11 is 0. The van der Waals surface area contributed by atoms with E-state index in [9.17, 15) is 0 Å². The maximum Gasteiger partial charge on any atom is 0.147 e. The van der Waals surface area contributed by atoms with Gasteiger partial charge in [-0.3, -0.25) is 4.68 Å². The minimum absolute atomic E-state index is 0.353. The van der Waals surface area contributed by atoms with Crippen molar-refractivity contribution in [2.75, 3.05) is 0 Å². The smallest absolute Gasteiger partial charge is 0.147 e. The lowest BCUT2D eigenvalue weighted by atomic mass is 9.85. The third kappa shape index (κ3) is 1.80. The Morgan fingerprint density at radius 2 is 2.21 bits per heavy atom. The highest BCUT2D eigenvalue weighted by atomic mass is 15.3. The van der Waals surface area contributed by atoms with Crippen LogP contribution in [0, 0.1) is 6.92 Å². The molecule has 4 nitrogen and oxygen atoms in total. The molecular formula is C10H18N4. The van der Waals surface area contributed by atoms with Crippen molar-refractivity contribution in [3.05, 3.63) is 11.6 Å². The molecule has 14 heavy (non-hydrogen) atoms. The molecule has 0 bridgehead atoms. The molecule has 78 valence electrons. The van der Waals surface area contributed by atoms with Gasteiger partial charge in [-0.15, -0.1) is 0 Å². The molecule has 2 atom stereocenters. The van der Waals surface area contributed by atoms with E-state index in [1.54, 1.807) is 0 Å². The Hall–Kier alpha value is -0.900. The van der Waals surface area contributed by atoms with E-state index in [0.29, 0.717) is 12.0 Å². The first-order valence-electron chi connectivity index (χ1n) is 5.30. The summed E-state index contributed by atoms with van der Waals surface area (Å²) in [6.45, 7) is 1.94. The van der Waals surface area contributed by atoms with E-state index in [1.165, 1.54) is 12.8 Å². The van der Waals surface area contributed by atoms with Gasteiger partial charge in [-0.1, -0.05) is 6.42 Å². The maximum absolute atomic E-state index is 5.96. The lowest BCUT2D eigenvalue weighted by Crippen LogP contribution is -2.28. The summed E-state index contributed by atoms with van der Waals surface area (Å²) in [6, 6.07) is 0.353. The Morgan fingerprint density at radius 3 is 2.79 bits per heavy atom. The molecule has 1 heterocycles. The normalized spacial score (nSPS) is 27.9. The molecule has 1 aromatic rings. The molecule has 1 aromatic heterocycles. The van der Waals surface area contributed by atoms with Crippen molar-refractivity contribution in [3.63, 3.8) is 0 Å². The molecule has 0 aliphatic heterocycles. The zero-order chi connectivity index (χ0) is 10.1. The van der Waals surface area contributed by atoms with Crippen molar-refractivity contribution in [2.45, 2.75) is 44.6 Å². The Bertz CT molecular complexity index is 318. The summed E-state index contributed by atoms with van der Waals surface area (Å²) in [6.07, 6.45) is 4.65. The number of hydrogen-bond donors (Lipinski definition) is 1. The van der Waals surface area contributed by atoms with E-state index in [1.807, 2.05) is 18.7 Å². The van der Waals surface area contributed by atoms with Gasteiger partial charge in [0, 0.05) is 19.0 Å². The van der Waals surface area contributed by atoms with Gasteiger partial charge in [-0.2, -0.15) is 5.10 Å². The Labute approximate surface area is 84.5 Å². The number of aromatic nitrogens is 3. The molecule has 1 aliphatic carbocycles. The van der Waals surface area contributed by atoms with Gasteiger partial charge in [-0.25, -0.2) is 4.98 Å². The lowest BCUT2D eigenvalue weighted by Gasteiger charge is -2.25. The van der Waals surface area contributed by atoms with Gasteiger partial charge in [0.05, 0.1) is 0 Å². The minimum Gasteiger partial charge on any atom is -0.328 e. The van der Waals surface area contributed by atoms with Gasteiger partial charge in [0.15, 0.2) is 0 Å². The van der Waals surface area contributed by atoms with Crippen LogP contribution in [0.3, 0.4) is 0 Å². The summed E-state index contributed by atoms with van der Waals surface area (Å²) < 4.78 is 1.90. The first-order chi connectivity index (χ1) is 6.66. The molecule has 0 amide bonds. The first kappa shape index (κ1) is 9.65. The van der Waals surface area contributed by atoms with Crippen molar-refractivity contribution >= 4 is 0 Å². The molecule has 1 aliphatic rings. The second-order valence-corrected chi connectivity index (χ2v) is 4.26. The summed E-state index contributed by atoms with van der Waals surface area (Å²) in [4.78, 5) is 4.46. The van der Waals surface area contributed by atoms with Crippen LogP contribution in [0.1, 0.15) is 43.3 Å². The van der Waals surface area contributed by atoms with E-state index in [-0.39, 0.29) is 0 Å². The highest BCUT2D eigenvalue weighted by Gasteiger charge is 2.24. The van der Waals surface area contributed by atoms with Gasteiger partial charge in [0.25, 0.3) is 0 Å². The summed E-state index contributed by atoms with van der Waals surface area (Å²) in [5.41, 5.74) is 5.96. The zero-order valence-electron chi connectivity index (χ0n) is 8.90. The van der Waals surface area contributed by atoms with E-state index >= 15 is 0 Å². The van der Waals surface area contributed by atoms with Crippen LogP contribution in [0.2, 0.25) is 0 Å². The maximum atomic E-state index is 5.96. The fourth-order valence-electron chi connectivity index (χ4n) is 2.35. The predicted octanol–water partition coefficient (Wildman–Crippen LogP) is 1.11. The SMILES string of the molecule is Cc1nc(C2CCCC(N)C2)n(C)n1. The van der Waals surface area contributed by atoms with Crippen LogP contribution in [-0.4, -0.2) is 20.8 Å². The second-order valence-electron chi connectivity index (χ2n) is 4.26. The van der Waals surface area contributed by atoms with Gasteiger partial charge < -0.3 is 5.73 Å². The number of rotatable bonds is 1. The van der Waals surface area contributed by atoms with E-state index in [4.69, 9.17) is 5.73 Å². The highest BCUT2D eigenvalue weighted by molar-refractivity contribution is 5.01. The summed E-state index contributed by atoms with van der Waals surface area (Å²) in [5, 5.41) is 4.28. The van der Waals surface area contributed by atoms with Crippen molar-refractivity contribution in [1.82, 2.24) is 14.8 Å². The third-order valence-corrected chi connectivity index (χ3v) is 2.98. The van der Waals surface area contributed by atoms with Crippen LogP contribution in [0.15, 0.2) is 0 Å². The fraction of sp³-hybridized carbons (Fsp3) is 0.800. The standard InChI is InChI=1S/C10H18N4/c1-7-12-10(14(2)13-7)8-4-3-5-9(11)6-8/h8-9H,3-6,11H2,1-2H3. The van der Waals surface area contributed by atoms with Crippen LogP contribution in [-0.2, 0) is 7.05 Å². The topological polar surface area (TPSA) is 56.7 Å². The molecule has 2 unspecified atom stereocenters. The predicted molar refractivity (Wildman–Crippen MR) is 54.9 cm³/mol. The number of hydrogen-bond acceptors (Lipinski definition) is 3. The zero-order valence-corrected chi connectivity index (χ0v) is 8.90. The third-order valence-electron chi connectivity index (χ3n) is 2.98. The van der Waals surface area contributed by atoms with E-state index in [0.717, 1.165) is 24.5 Å². The largest absolute Gasteiger partial charge is 0.328 e. The molecule has 0 radical (unpaired) electrons. The van der Waals surface area contributed by atoms with Crippen LogP contribution in [0.25, 0.3) is 0 Å². The lowest BCUT2D eigenvalue weighted by molar-refractivity contribution is 0.374. The summed E-state index contributed by atoms with van der Waals surface area (Å²) in [7, 11) is 1.97. The number of nitrogens with two attached hydrogens (primary N) is 1. The fourth-order valence-corrected chi connectivity index (χ4v) is 2.35. The monoisotopic (exact) mass is 194 g/mol. The van der Waals surface area contributed by atoms with Crippen molar-refractivity contribution in [1.29, 1.82) is 0 Å². The number of nitrogens with zero attached hydrogens (tertiary/aromatic N) is 3. The summed E-state index contributed by atoms with van der Waals surface area (Å²) in [5.74, 6) is 2.49. The van der Waals surface area contributed by atoms with Crippen LogP contribution >= 0.6 is 0 Å². The molecule has 1 saturated carbocycles. The van der Waals surface area contributed by atoms with Gasteiger partial charge in [0.1, 0.15) is 11.6 Å². The van der Waals surface area contributed by atoms with E-state index < -0.39 is 0 Å². The minimum atomic E-state index is 0.353. The highest BCUT2D eigenvalue weighted by Crippen LogP contribution is 2.30. The van der Waals surface area contributed by atoms with Gasteiger partial charge in [-0.05, 0) is 26.2 Å². The van der Waals surface area contributed by atoms with Crippen LogP contribution in [0.4, 0.5) is 0 Å². The van der Waals surface area contributed by atoms with Crippen LogP contribution < -0.4 is 5.73 Å². The molecular weight excluding hydrogens is 176 g/mol. The molecule has 4 heteroatoms. The Kier molecular flexibility index (Phi) is 2.54. The molecule has 0 saturated heterocycles. The molecule has 0 aromatic carbocycles. The molecule has 1 fully saturated rings. The second kappa shape index (κ2) is 3.69. The number of aryl methyl sites for hydroxylation is 2. The van der Waals surface area contributed by atoms with Gasteiger partial charge in [0.2, 0.25) is 0 Å². The van der Waals surface area contributed by atoms with Crippen molar-refractivity contribution < 1.29 is 0 Å². The molecule has 2 rings (SSSR count). The average molecular weight is 194 g/mol. The first-order valence-corrected chi connectivity index (χ1v) is 5.30. The Balaban J connectivity index is 2.17. The molecule has 0 spiro atoms. The van der Waals surface area contributed by atoms with Crippen molar-refractivity contribution in [2.24, 2.45) is 12.8 Å². The van der Waals surface area contributed by atoms with Crippen LogP contribution in [0.5, 0.6) is 0 Å².